The monoisotopic (exact) mass is 410 g/mol. The zero-order valence-corrected chi connectivity index (χ0v) is 18.0. The maximum absolute atomic E-state index is 13.3. The zero-order chi connectivity index (χ0) is 21.1. The Bertz CT molecular complexity index is 886. The number of rotatable bonds is 4. The van der Waals surface area contributed by atoms with Crippen LogP contribution in [0.25, 0.3) is 0 Å². The first-order valence-electron chi connectivity index (χ1n) is 10.6. The van der Waals surface area contributed by atoms with Crippen LogP contribution in [-0.4, -0.2) is 56.5 Å². The molecule has 4 rings (SSSR count). The smallest absolute Gasteiger partial charge is 0.412 e. The summed E-state index contributed by atoms with van der Waals surface area (Å²) in [6.07, 6.45) is 3.44. The summed E-state index contributed by atoms with van der Waals surface area (Å²) < 4.78 is 17.0. The van der Waals surface area contributed by atoms with E-state index in [1.807, 2.05) is 42.3 Å². The van der Waals surface area contributed by atoms with Crippen LogP contribution in [0.5, 0.6) is 11.5 Å². The first kappa shape index (κ1) is 20.5. The van der Waals surface area contributed by atoms with Crippen LogP contribution in [0.1, 0.15) is 42.0 Å². The number of nitrogens with zero attached hydrogens (tertiary/aromatic N) is 2. The molecule has 2 aliphatic rings. The molecule has 2 aromatic rings. The Morgan fingerprint density at radius 1 is 1.00 bits per heavy atom. The van der Waals surface area contributed by atoms with Crippen LogP contribution >= 0.6 is 0 Å². The number of hydrogen-bond acceptors (Lipinski definition) is 5. The standard InChI is InChI=1S/C24H30N2O4/c1-25-13-8-7-11-22(25)30-24(27)26-14-12-18-15-20(28-2)21(29-3)16-19(18)23(26)17-9-5-4-6-10-17/h4-6,9-10,15-16,22-23H,7-8,11-14H2,1-3H3/t22-,23+/m1/s1. The lowest BCUT2D eigenvalue weighted by Crippen LogP contribution is -2.46. The molecule has 2 heterocycles. The van der Waals surface area contributed by atoms with Crippen molar-refractivity contribution in [2.24, 2.45) is 0 Å². The predicted molar refractivity (Wildman–Crippen MR) is 115 cm³/mol. The number of amides is 1. The van der Waals surface area contributed by atoms with Gasteiger partial charge in [-0.15, -0.1) is 0 Å². The number of carbonyl (C=O) groups excluding carboxylic acids is 1. The molecule has 0 aliphatic carbocycles. The summed E-state index contributed by atoms with van der Waals surface area (Å²) in [7, 11) is 5.30. The molecule has 2 atom stereocenters. The van der Waals surface area contributed by atoms with Gasteiger partial charge in [0.15, 0.2) is 17.7 Å². The van der Waals surface area contributed by atoms with Gasteiger partial charge in [0, 0.05) is 13.1 Å². The minimum atomic E-state index is -0.261. The minimum Gasteiger partial charge on any atom is -0.493 e. The lowest BCUT2D eigenvalue weighted by Gasteiger charge is -2.39. The molecule has 160 valence electrons. The zero-order valence-electron chi connectivity index (χ0n) is 18.0. The van der Waals surface area contributed by atoms with Gasteiger partial charge in [0.2, 0.25) is 0 Å². The Morgan fingerprint density at radius 2 is 1.73 bits per heavy atom. The molecule has 0 saturated carbocycles. The summed E-state index contributed by atoms with van der Waals surface area (Å²) in [6, 6.07) is 13.9. The average molecular weight is 411 g/mol. The van der Waals surface area contributed by atoms with Gasteiger partial charge in [-0.25, -0.2) is 4.79 Å². The summed E-state index contributed by atoms with van der Waals surface area (Å²) in [4.78, 5) is 17.3. The number of hydrogen-bond donors (Lipinski definition) is 0. The Morgan fingerprint density at radius 3 is 2.43 bits per heavy atom. The Labute approximate surface area is 178 Å². The minimum absolute atomic E-state index is 0.158. The van der Waals surface area contributed by atoms with Crippen LogP contribution in [-0.2, 0) is 11.2 Å². The van der Waals surface area contributed by atoms with Gasteiger partial charge in [0.05, 0.1) is 20.3 Å². The molecule has 0 unspecified atom stereocenters. The fourth-order valence-corrected chi connectivity index (χ4v) is 4.51. The number of likely N-dealkylation sites (tertiary alicyclic amines) is 1. The Hall–Kier alpha value is -2.73. The first-order valence-corrected chi connectivity index (χ1v) is 10.6. The van der Waals surface area contributed by atoms with Crippen molar-refractivity contribution in [3.63, 3.8) is 0 Å². The number of carbonyl (C=O) groups is 1. The molecule has 6 heteroatoms. The summed E-state index contributed by atoms with van der Waals surface area (Å²) in [5.74, 6) is 1.38. The third-order valence-corrected chi connectivity index (χ3v) is 6.16. The number of fused-ring (bicyclic) bond motifs is 1. The molecule has 0 bridgehead atoms. The van der Waals surface area contributed by atoms with Crippen molar-refractivity contribution < 1.29 is 19.0 Å². The van der Waals surface area contributed by atoms with Gasteiger partial charge in [-0.2, -0.15) is 0 Å². The van der Waals surface area contributed by atoms with E-state index in [2.05, 4.69) is 17.0 Å². The van der Waals surface area contributed by atoms with Crippen LogP contribution in [0, 0.1) is 0 Å². The van der Waals surface area contributed by atoms with Crippen LogP contribution < -0.4 is 9.47 Å². The third kappa shape index (κ3) is 3.97. The topological polar surface area (TPSA) is 51.2 Å². The number of methoxy groups -OCH3 is 2. The van der Waals surface area contributed by atoms with Gasteiger partial charge >= 0.3 is 6.09 Å². The van der Waals surface area contributed by atoms with E-state index >= 15 is 0 Å². The van der Waals surface area contributed by atoms with Crippen molar-refractivity contribution in [1.29, 1.82) is 0 Å². The van der Waals surface area contributed by atoms with Crippen molar-refractivity contribution in [2.45, 2.75) is 38.0 Å². The number of ether oxygens (including phenoxy) is 3. The van der Waals surface area contributed by atoms with Crippen LogP contribution in [0.15, 0.2) is 42.5 Å². The molecule has 2 aromatic carbocycles. The molecule has 0 aromatic heterocycles. The van der Waals surface area contributed by atoms with Crippen molar-refractivity contribution in [1.82, 2.24) is 9.80 Å². The maximum Gasteiger partial charge on any atom is 0.412 e. The van der Waals surface area contributed by atoms with Crippen molar-refractivity contribution in [3.05, 3.63) is 59.2 Å². The van der Waals surface area contributed by atoms with Crippen molar-refractivity contribution >= 4 is 6.09 Å². The highest BCUT2D eigenvalue weighted by Gasteiger charge is 2.36. The molecule has 1 saturated heterocycles. The summed E-state index contributed by atoms with van der Waals surface area (Å²) >= 11 is 0. The maximum atomic E-state index is 13.3. The van der Waals surface area contributed by atoms with Gasteiger partial charge in [-0.1, -0.05) is 30.3 Å². The molecule has 0 spiro atoms. The quantitative estimate of drug-likeness (QED) is 0.755. The Balaban J connectivity index is 1.70. The van der Waals surface area contributed by atoms with Gasteiger partial charge in [-0.05, 0) is 61.6 Å². The van der Waals surface area contributed by atoms with E-state index in [4.69, 9.17) is 14.2 Å². The molecular weight excluding hydrogens is 380 g/mol. The van der Waals surface area contributed by atoms with E-state index < -0.39 is 0 Å². The highest BCUT2D eigenvalue weighted by molar-refractivity contribution is 5.70. The van der Waals surface area contributed by atoms with Crippen LogP contribution in [0.4, 0.5) is 4.79 Å². The van der Waals surface area contributed by atoms with Gasteiger partial charge in [-0.3, -0.25) is 9.80 Å². The molecule has 1 fully saturated rings. The fraction of sp³-hybridized carbons (Fsp3) is 0.458. The van der Waals surface area contributed by atoms with E-state index in [1.165, 1.54) is 5.56 Å². The Kier molecular flexibility index (Phi) is 6.13. The van der Waals surface area contributed by atoms with E-state index in [0.717, 1.165) is 43.4 Å². The number of benzene rings is 2. The number of piperidine rings is 1. The second kappa shape index (κ2) is 8.96. The molecule has 0 radical (unpaired) electrons. The van der Waals surface area contributed by atoms with Crippen molar-refractivity contribution in [2.75, 3.05) is 34.4 Å². The summed E-state index contributed by atoms with van der Waals surface area (Å²) in [6.45, 7) is 1.55. The lowest BCUT2D eigenvalue weighted by atomic mass is 9.88. The average Bonchev–Trinajstić information content (AvgIpc) is 2.79. The molecule has 1 amide bonds. The molecule has 0 N–H and O–H groups in total. The fourth-order valence-electron chi connectivity index (χ4n) is 4.51. The molecule has 2 aliphatic heterocycles. The predicted octanol–water partition coefficient (Wildman–Crippen LogP) is 4.23. The highest BCUT2D eigenvalue weighted by atomic mass is 16.6. The van der Waals surface area contributed by atoms with Crippen molar-refractivity contribution in [3.8, 4) is 11.5 Å². The van der Waals surface area contributed by atoms with E-state index in [9.17, 15) is 4.79 Å². The van der Waals surface area contributed by atoms with Gasteiger partial charge < -0.3 is 14.2 Å². The second-order valence-electron chi connectivity index (χ2n) is 7.98. The van der Waals surface area contributed by atoms with Gasteiger partial charge in [0.25, 0.3) is 0 Å². The molecular formula is C24H30N2O4. The first-order chi connectivity index (χ1) is 14.6. The molecule has 30 heavy (non-hydrogen) atoms. The van der Waals surface area contributed by atoms with E-state index in [1.54, 1.807) is 14.2 Å². The summed E-state index contributed by atoms with van der Waals surface area (Å²) in [5, 5.41) is 0. The third-order valence-electron chi connectivity index (χ3n) is 6.16. The SMILES string of the molecule is COc1cc2c(cc1OC)[C@H](c1ccccc1)N(C(=O)O[C@@H]1CCCCN1C)CC2. The highest BCUT2D eigenvalue weighted by Crippen LogP contribution is 2.41. The lowest BCUT2D eigenvalue weighted by molar-refractivity contribution is -0.0395. The molecule has 6 nitrogen and oxygen atoms in total. The summed E-state index contributed by atoms with van der Waals surface area (Å²) in [5.41, 5.74) is 3.28. The van der Waals surface area contributed by atoms with Crippen LogP contribution in [0.2, 0.25) is 0 Å². The van der Waals surface area contributed by atoms with E-state index in [-0.39, 0.29) is 18.4 Å². The largest absolute Gasteiger partial charge is 0.493 e. The second-order valence-corrected chi connectivity index (χ2v) is 7.98. The normalized spacial score (nSPS) is 21.6. The van der Waals surface area contributed by atoms with E-state index in [0.29, 0.717) is 18.0 Å². The van der Waals surface area contributed by atoms with Crippen LogP contribution in [0.3, 0.4) is 0 Å². The van der Waals surface area contributed by atoms with Gasteiger partial charge in [0.1, 0.15) is 0 Å².